The van der Waals surface area contributed by atoms with E-state index in [2.05, 4.69) is 39.8 Å². The van der Waals surface area contributed by atoms with Crippen LogP contribution in [0.15, 0.2) is 47.7 Å². The van der Waals surface area contributed by atoms with Crippen LogP contribution in [0.2, 0.25) is 5.02 Å². The van der Waals surface area contributed by atoms with E-state index in [9.17, 15) is 0 Å². The molecular formula is C15H14ClN3. The number of anilines is 1. The highest BCUT2D eigenvalue weighted by molar-refractivity contribution is 6.30. The number of halogens is 1. The summed E-state index contributed by atoms with van der Waals surface area (Å²) in [5.41, 5.74) is 6.72. The first-order chi connectivity index (χ1) is 9.33. The summed E-state index contributed by atoms with van der Waals surface area (Å²) in [7, 11) is 0. The van der Waals surface area contributed by atoms with Crippen LogP contribution in [0.25, 0.3) is 0 Å². The van der Waals surface area contributed by atoms with E-state index in [0.29, 0.717) is 10.8 Å². The maximum absolute atomic E-state index is 5.80. The molecule has 0 unspecified atom stereocenters. The van der Waals surface area contributed by atoms with Gasteiger partial charge in [0.25, 0.3) is 0 Å². The maximum Gasteiger partial charge on any atom is 0.146 e. The largest absolute Gasteiger partial charge is 0.261 e. The van der Waals surface area contributed by atoms with Gasteiger partial charge in [-0.1, -0.05) is 35.9 Å². The summed E-state index contributed by atoms with van der Waals surface area (Å²) in [6, 6.07) is 12.1. The third-order valence-corrected chi connectivity index (χ3v) is 3.44. The Labute approximate surface area is 117 Å². The summed E-state index contributed by atoms with van der Waals surface area (Å²) in [5, 5.41) is 5.11. The Bertz CT molecular complexity index is 605. The summed E-state index contributed by atoms with van der Waals surface area (Å²) in [6.45, 7) is 0. The smallest absolute Gasteiger partial charge is 0.146 e. The van der Waals surface area contributed by atoms with Crippen molar-refractivity contribution in [2.75, 3.05) is 5.43 Å². The molecule has 0 amide bonds. The second kappa shape index (κ2) is 5.41. The Balaban J connectivity index is 1.83. The Hall–Kier alpha value is -1.87. The molecule has 1 N–H and O–H groups in total. The molecule has 0 atom stereocenters. The van der Waals surface area contributed by atoms with Crippen LogP contribution in [-0.2, 0) is 6.42 Å². The Morgan fingerprint density at radius 2 is 2.00 bits per heavy atom. The highest BCUT2D eigenvalue weighted by Gasteiger charge is 2.14. The number of hydrogen-bond donors (Lipinski definition) is 1. The highest BCUT2D eigenvalue weighted by atomic mass is 35.5. The van der Waals surface area contributed by atoms with Crippen LogP contribution in [0.1, 0.15) is 24.0 Å². The lowest BCUT2D eigenvalue weighted by Crippen LogP contribution is -2.13. The van der Waals surface area contributed by atoms with E-state index in [1.165, 1.54) is 11.1 Å². The maximum atomic E-state index is 5.80. The number of pyridine rings is 1. The monoisotopic (exact) mass is 271 g/mol. The van der Waals surface area contributed by atoms with Crippen LogP contribution >= 0.6 is 11.6 Å². The quantitative estimate of drug-likeness (QED) is 0.842. The van der Waals surface area contributed by atoms with Gasteiger partial charge in [0.05, 0.1) is 10.7 Å². The number of fused-ring (bicyclic) bond motifs is 1. The van der Waals surface area contributed by atoms with Gasteiger partial charge in [-0.25, -0.2) is 4.98 Å². The van der Waals surface area contributed by atoms with Crippen molar-refractivity contribution < 1.29 is 0 Å². The van der Waals surface area contributed by atoms with Crippen molar-refractivity contribution in [3.05, 3.63) is 58.7 Å². The first kappa shape index (κ1) is 12.2. The molecule has 19 heavy (non-hydrogen) atoms. The molecule has 0 saturated carbocycles. The first-order valence-corrected chi connectivity index (χ1v) is 6.73. The van der Waals surface area contributed by atoms with Crippen LogP contribution in [0.4, 0.5) is 5.82 Å². The second-order valence-corrected chi connectivity index (χ2v) is 4.98. The van der Waals surface area contributed by atoms with Crippen LogP contribution < -0.4 is 5.43 Å². The molecule has 2 aromatic rings. The van der Waals surface area contributed by atoms with Gasteiger partial charge in [0.1, 0.15) is 5.82 Å². The van der Waals surface area contributed by atoms with Crippen LogP contribution in [0, 0.1) is 0 Å². The molecule has 1 heterocycles. The third kappa shape index (κ3) is 2.76. The van der Waals surface area contributed by atoms with Gasteiger partial charge < -0.3 is 0 Å². The zero-order valence-electron chi connectivity index (χ0n) is 10.4. The predicted molar refractivity (Wildman–Crippen MR) is 78.8 cm³/mol. The molecule has 4 heteroatoms. The third-order valence-electron chi connectivity index (χ3n) is 3.22. The van der Waals surface area contributed by atoms with Gasteiger partial charge in [-0.3, -0.25) is 5.43 Å². The van der Waals surface area contributed by atoms with Gasteiger partial charge in [0.2, 0.25) is 0 Å². The Morgan fingerprint density at radius 1 is 1.11 bits per heavy atom. The fourth-order valence-corrected chi connectivity index (χ4v) is 2.40. The van der Waals surface area contributed by atoms with E-state index in [1.807, 2.05) is 6.07 Å². The summed E-state index contributed by atoms with van der Waals surface area (Å²) in [6.07, 6.45) is 4.89. The van der Waals surface area contributed by atoms with E-state index in [4.69, 9.17) is 11.6 Å². The summed E-state index contributed by atoms with van der Waals surface area (Å²) >= 11 is 5.80. The molecule has 1 aromatic carbocycles. The zero-order valence-corrected chi connectivity index (χ0v) is 11.2. The van der Waals surface area contributed by atoms with Crippen molar-refractivity contribution in [1.29, 1.82) is 0 Å². The minimum Gasteiger partial charge on any atom is -0.261 e. The van der Waals surface area contributed by atoms with Gasteiger partial charge in [-0.05, 0) is 37.0 Å². The van der Waals surface area contributed by atoms with E-state index < -0.39 is 0 Å². The summed E-state index contributed by atoms with van der Waals surface area (Å²) < 4.78 is 0. The Morgan fingerprint density at radius 3 is 2.84 bits per heavy atom. The second-order valence-electron chi connectivity index (χ2n) is 4.54. The number of benzene rings is 1. The number of hydrazone groups is 1. The number of aryl methyl sites for hydroxylation is 1. The topological polar surface area (TPSA) is 37.3 Å². The fraction of sp³-hybridized carbons (Fsp3) is 0.200. The normalized spacial score (nSPS) is 16.2. The fourth-order valence-electron chi connectivity index (χ4n) is 2.28. The number of rotatable bonds is 2. The molecule has 96 valence electrons. The highest BCUT2D eigenvalue weighted by Crippen LogP contribution is 2.21. The van der Waals surface area contributed by atoms with Gasteiger partial charge in [0, 0.05) is 11.8 Å². The average Bonchev–Trinajstić information content (AvgIpc) is 2.47. The molecule has 1 aliphatic carbocycles. The van der Waals surface area contributed by atoms with Gasteiger partial charge >= 0.3 is 0 Å². The molecule has 0 bridgehead atoms. The van der Waals surface area contributed by atoms with Gasteiger partial charge in [0.15, 0.2) is 0 Å². The molecule has 0 fully saturated rings. The molecule has 0 saturated heterocycles. The molecule has 3 nitrogen and oxygen atoms in total. The van der Waals surface area contributed by atoms with E-state index >= 15 is 0 Å². The zero-order chi connectivity index (χ0) is 13.1. The number of nitrogens with zero attached hydrogens (tertiary/aromatic N) is 2. The van der Waals surface area contributed by atoms with Crippen molar-refractivity contribution in [3.8, 4) is 0 Å². The first-order valence-electron chi connectivity index (χ1n) is 6.35. The van der Waals surface area contributed by atoms with Crippen molar-refractivity contribution in [1.82, 2.24) is 4.98 Å². The molecular weight excluding hydrogens is 258 g/mol. The molecule has 1 aliphatic rings. The molecule has 3 rings (SSSR count). The number of aromatic nitrogens is 1. The lowest BCUT2D eigenvalue weighted by Gasteiger charge is -2.17. The minimum atomic E-state index is 0.626. The van der Waals surface area contributed by atoms with E-state index in [1.54, 1.807) is 12.3 Å². The minimum absolute atomic E-state index is 0.626. The van der Waals surface area contributed by atoms with E-state index in [-0.39, 0.29) is 0 Å². The van der Waals surface area contributed by atoms with Gasteiger partial charge in [-0.2, -0.15) is 5.10 Å². The van der Waals surface area contributed by atoms with Crippen LogP contribution in [-0.4, -0.2) is 10.7 Å². The van der Waals surface area contributed by atoms with Crippen LogP contribution in [0.5, 0.6) is 0 Å². The molecule has 0 radical (unpaired) electrons. The summed E-state index contributed by atoms with van der Waals surface area (Å²) in [4.78, 5) is 4.17. The van der Waals surface area contributed by atoms with Crippen molar-refractivity contribution in [2.24, 2.45) is 5.10 Å². The average molecular weight is 272 g/mol. The van der Waals surface area contributed by atoms with Gasteiger partial charge in [-0.15, -0.1) is 0 Å². The van der Waals surface area contributed by atoms with E-state index in [0.717, 1.165) is 25.0 Å². The standard InChI is InChI=1S/C15H14ClN3/c16-12-8-9-15(17-10-12)19-18-14-7-3-5-11-4-1-2-6-13(11)14/h1-2,4,6,8-10H,3,5,7H2,(H,17,19). The summed E-state index contributed by atoms with van der Waals surface area (Å²) in [5.74, 6) is 0.708. The lowest BCUT2D eigenvalue weighted by molar-refractivity contribution is 0.837. The number of hydrogen-bond acceptors (Lipinski definition) is 3. The van der Waals surface area contributed by atoms with Crippen molar-refractivity contribution in [3.63, 3.8) is 0 Å². The van der Waals surface area contributed by atoms with Crippen molar-refractivity contribution in [2.45, 2.75) is 19.3 Å². The SMILES string of the molecule is Clc1ccc(NN=C2CCCc3ccccc32)nc1. The van der Waals surface area contributed by atoms with Crippen LogP contribution in [0.3, 0.4) is 0 Å². The number of nitrogens with one attached hydrogen (secondary N) is 1. The lowest BCUT2D eigenvalue weighted by atomic mass is 9.90. The Kier molecular flexibility index (Phi) is 3.47. The molecule has 0 aliphatic heterocycles. The molecule has 1 aromatic heterocycles. The predicted octanol–water partition coefficient (Wildman–Crippen LogP) is 3.89. The van der Waals surface area contributed by atoms with Crippen molar-refractivity contribution >= 4 is 23.1 Å². The molecule has 0 spiro atoms.